The van der Waals surface area contributed by atoms with Crippen LogP contribution >= 0.6 is 0 Å². The van der Waals surface area contributed by atoms with Gasteiger partial charge in [-0.1, -0.05) is 44.7 Å². The summed E-state index contributed by atoms with van der Waals surface area (Å²) in [4.78, 5) is 2.24. The second-order valence-electron chi connectivity index (χ2n) is 6.88. The van der Waals surface area contributed by atoms with Gasteiger partial charge in [-0.2, -0.15) is 5.10 Å². The van der Waals surface area contributed by atoms with Crippen molar-refractivity contribution in [1.29, 1.82) is 0 Å². The maximum absolute atomic E-state index is 5.63. The molecule has 0 aliphatic heterocycles. The molecule has 3 N–H and O–H groups in total. The molecule has 0 aromatic heterocycles. The van der Waals surface area contributed by atoms with Gasteiger partial charge in [0.2, 0.25) is 0 Å². The van der Waals surface area contributed by atoms with Gasteiger partial charge in [0.15, 0.2) is 0 Å². The molecule has 0 heterocycles. The molecule has 0 bridgehead atoms. The van der Waals surface area contributed by atoms with E-state index in [9.17, 15) is 0 Å². The monoisotopic (exact) mass is 340 g/mol. The van der Waals surface area contributed by atoms with Crippen LogP contribution in [0.25, 0.3) is 5.57 Å². The molecular formula is C21H32N4. The Balaban J connectivity index is 3.20. The van der Waals surface area contributed by atoms with Gasteiger partial charge in [0.1, 0.15) is 0 Å². The molecule has 0 saturated carbocycles. The lowest BCUT2D eigenvalue weighted by Gasteiger charge is -2.32. The molecule has 1 aromatic rings. The van der Waals surface area contributed by atoms with E-state index in [0.717, 1.165) is 29.8 Å². The third-order valence-electron chi connectivity index (χ3n) is 4.20. The normalized spacial score (nSPS) is 15.0. The van der Waals surface area contributed by atoms with Crippen LogP contribution in [0.4, 0.5) is 0 Å². The minimum Gasteiger partial charge on any atom is -0.405 e. The fourth-order valence-corrected chi connectivity index (χ4v) is 2.80. The average molecular weight is 341 g/mol. The maximum atomic E-state index is 5.63. The van der Waals surface area contributed by atoms with E-state index in [4.69, 9.17) is 5.73 Å². The fraction of sp³-hybridized carbons (Fsp3) is 0.381. The van der Waals surface area contributed by atoms with E-state index in [1.165, 1.54) is 5.56 Å². The molecule has 1 aromatic carbocycles. The number of benzene rings is 1. The van der Waals surface area contributed by atoms with E-state index in [2.05, 4.69) is 74.2 Å². The molecule has 25 heavy (non-hydrogen) atoms. The Morgan fingerprint density at radius 1 is 1.40 bits per heavy atom. The van der Waals surface area contributed by atoms with Crippen molar-refractivity contribution in [3.8, 4) is 0 Å². The maximum Gasteiger partial charge on any atom is 0.0478 e. The summed E-state index contributed by atoms with van der Waals surface area (Å²) in [5.41, 5.74) is 12.8. The van der Waals surface area contributed by atoms with Crippen LogP contribution in [0.3, 0.4) is 0 Å². The summed E-state index contributed by atoms with van der Waals surface area (Å²) >= 11 is 0. The molecule has 0 amide bonds. The lowest BCUT2D eigenvalue weighted by atomic mass is 9.78. The van der Waals surface area contributed by atoms with Gasteiger partial charge in [0.05, 0.1) is 0 Å². The Labute approximate surface area is 152 Å². The largest absolute Gasteiger partial charge is 0.405 e. The van der Waals surface area contributed by atoms with Crippen LogP contribution in [0.15, 0.2) is 60.0 Å². The lowest BCUT2D eigenvalue weighted by molar-refractivity contribution is 0.291. The van der Waals surface area contributed by atoms with Crippen LogP contribution < -0.4 is 11.2 Å². The Morgan fingerprint density at radius 3 is 2.68 bits per heavy atom. The zero-order chi connectivity index (χ0) is 18.9. The molecule has 136 valence electrons. The summed E-state index contributed by atoms with van der Waals surface area (Å²) in [6.45, 7) is 11.2. The van der Waals surface area contributed by atoms with Crippen molar-refractivity contribution in [2.75, 3.05) is 20.6 Å². The van der Waals surface area contributed by atoms with Crippen LogP contribution in [0.1, 0.15) is 38.3 Å². The third kappa shape index (κ3) is 6.59. The molecule has 0 aliphatic rings. The van der Waals surface area contributed by atoms with E-state index < -0.39 is 0 Å². The van der Waals surface area contributed by atoms with Gasteiger partial charge < -0.3 is 10.6 Å². The third-order valence-corrected chi connectivity index (χ3v) is 4.20. The molecule has 4 heteroatoms. The number of hydrogen-bond donors (Lipinski definition) is 2. The zero-order valence-electron chi connectivity index (χ0n) is 16.2. The number of rotatable bonds is 9. The first-order valence-corrected chi connectivity index (χ1v) is 8.61. The van der Waals surface area contributed by atoms with Crippen LogP contribution in [0, 0.1) is 0 Å². The summed E-state index contributed by atoms with van der Waals surface area (Å²) in [5, 5.41) is 4.11. The number of likely N-dealkylation sites (N-methyl/N-ethyl adjacent to an activating group) is 1. The summed E-state index contributed by atoms with van der Waals surface area (Å²) in [5.74, 6) is 0. The standard InChI is InChI=1S/C21H32N4/c1-7-21(4,16-25(5)6)20-10-8-9-19(15-20)18(11-13-22)12-14-23-24-17(2)3/h8-15,24H,2,7,16,22H2,1,3-6H3/b13-11-,18-12-,23-14-. The fourth-order valence-electron chi connectivity index (χ4n) is 2.80. The van der Waals surface area contributed by atoms with E-state index in [1.807, 2.05) is 19.1 Å². The number of nitrogens with zero attached hydrogens (tertiary/aromatic N) is 2. The van der Waals surface area contributed by atoms with Crippen molar-refractivity contribution in [3.05, 3.63) is 66.0 Å². The van der Waals surface area contributed by atoms with Gasteiger partial charge in [0.25, 0.3) is 0 Å². The molecule has 1 unspecified atom stereocenters. The molecule has 1 rings (SSSR count). The molecule has 4 nitrogen and oxygen atoms in total. The summed E-state index contributed by atoms with van der Waals surface area (Å²) in [7, 11) is 4.23. The highest BCUT2D eigenvalue weighted by Gasteiger charge is 2.25. The van der Waals surface area contributed by atoms with Crippen molar-refractivity contribution in [2.24, 2.45) is 10.8 Å². The summed E-state index contributed by atoms with van der Waals surface area (Å²) in [6, 6.07) is 8.66. The average Bonchev–Trinajstić information content (AvgIpc) is 2.57. The highest BCUT2D eigenvalue weighted by atomic mass is 15.3. The first-order valence-electron chi connectivity index (χ1n) is 8.61. The van der Waals surface area contributed by atoms with E-state index in [1.54, 1.807) is 12.4 Å². The number of hydrazone groups is 1. The first-order chi connectivity index (χ1) is 11.8. The molecule has 1 atom stereocenters. The SMILES string of the molecule is C=C(C)N\N=C/C=C(/C=C\N)c1cccc(C(C)(CC)CN(C)C)c1. The van der Waals surface area contributed by atoms with Gasteiger partial charge in [0, 0.05) is 23.9 Å². The van der Waals surface area contributed by atoms with Gasteiger partial charge in [-0.25, -0.2) is 0 Å². The Kier molecular flexibility index (Phi) is 8.16. The van der Waals surface area contributed by atoms with Crippen LogP contribution in [0.2, 0.25) is 0 Å². The lowest BCUT2D eigenvalue weighted by Crippen LogP contribution is -2.34. The molecular weight excluding hydrogens is 308 g/mol. The predicted octanol–water partition coefficient (Wildman–Crippen LogP) is 3.88. The molecule has 0 spiro atoms. The zero-order valence-corrected chi connectivity index (χ0v) is 16.2. The minimum absolute atomic E-state index is 0.104. The Bertz CT molecular complexity index is 656. The number of nitrogens with one attached hydrogen (secondary N) is 1. The minimum atomic E-state index is 0.104. The van der Waals surface area contributed by atoms with Crippen LogP contribution in [-0.2, 0) is 5.41 Å². The van der Waals surface area contributed by atoms with Gasteiger partial charge in [-0.15, -0.1) is 0 Å². The highest BCUT2D eigenvalue weighted by Crippen LogP contribution is 2.30. The first kappa shape index (κ1) is 20.7. The Morgan fingerprint density at radius 2 is 2.12 bits per heavy atom. The number of nitrogens with two attached hydrogens (primary N) is 1. The van der Waals surface area contributed by atoms with Crippen molar-refractivity contribution in [2.45, 2.75) is 32.6 Å². The van der Waals surface area contributed by atoms with Crippen molar-refractivity contribution in [1.82, 2.24) is 10.3 Å². The Hall–Kier alpha value is -2.33. The number of allylic oxidation sites excluding steroid dienone is 4. The summed E-state index contributed by atoms with van der Waals surface area (Å²) in [6.07, 6.45) is 8.17. The summed E-state index contributed by atoms with van der Waals surface area (Å²) < 4.78 is 0. The second-order valence-corrected chi connectivity index (χ2v) is 6.88. The van der Waals surface area contributed by atoms with E-state index >= 15 is 0 Å². The van der Waals surface area contributed by atoms with Crippen molar-refractivity contribution < 1.29 is 0 Å². The van der Waals surface area contributed by atoms with Gasteiger partial charge in [-0.3, -0.25) is 5.43 Å². The molecule has 0 fully saturated rings. The van der Waals surface area contributed by atoms with Gasteiger partial charge in [-0.05, 0) is 62.5 Å². The number of hydrogen-bond acceptors (Lipinski definition) is 4. The predicted molar refractivity (Wildman–Crippen MR) is 110 cm³/mol. The highest BCUT2D eigenvalue weighted by molar-refractivity contribution is 5.88. The van der Waals surface area contributed by atoms with Gasteiger partial charge >= 0.3 is 0 Å². The molecule has 0 radical (unpaired) electrons. The van der Waals surface area contributed by atoms with Crippen LogP contribution in [0.5, 0.6) is 0 Å². The second kappa shape index (κ2) is 9.84. The quantitative estimate of drug-likeness (QED) is 0.407. The van der Waals surface area contributed by atoms with Crippen molar-refractivity contribution >= 4 is 11.8 Å². The van der Waals surface area contributed by atoms with E-state index in [0.29, 0.717) is 0 Å². The van der Waals surface area contributed by atoms with Crippen LogP contribution in [-0.4, -0.2) is 31.8 Å². The molecule has 0 aliphatic carbocycles. The smallest absolute Gasteiger partial charge is 0.0478 e. The van der Waals surface area contributed by atoms with Crippen molar-refractivity contribution in [3.63, 3.8) is 0 Å². The topological polar surface area (TPSA) is 53.6 Å². The van der Waals surface area contributed by atoms with E-state index in [-0.39, 0.29) is 5.41 Å². The molecule has 0 saturated heterocycles.